The van der Waals surface area contributed by atoms with Gasteiger partial charge in [-0.15, -0.1) is 11.3 Å². The third-order valence-electron chi connectivity index (χ3n) is 3.24. The Morgan fingerprint density at radius 1 is 1.05 bits per heavy atom. The van der Waals surface area contributed by atoms with Gasteiger partial charge in [-0.3, -0.25) is 4.90 Å². The summed E-state index contributed by atoms with van der Waals surface area (Å²) in [5.41, 5.74) is 9.08. The van der Waals surface area contributed by atoms with Crippen LogP contribution in [0.3, 0.4) is 0 Å². The molecule has 2 aromatic carbocycles. The predicted molar refractivity (Wildman–Crippen MR) is 85.6 cm³/mol. The second-order valence-electron chi connectivity index (χ2n) is 4.95. The smallest absolute Gasteiger partial charge is 0.108 e. The summed E-state index contributed by atoms with van der Waals surface area (Å²) in [7, 11) is 2.10. The third-order valence-corrected chi connectivity index (χ3v) is 4.26. The van der Waals surface area contributed by atoms with E-state index in [1.54, 1.807) is 11.3 Å². The Kier molecular flexibility index (Phi) is 3.67. The van der Waals surface area contributed by atoms with Gasteiger partial charge in [0.1, 0.15) is 5.01 Å². The van der Waals surface area contributed by atoms with E-state index in [0.717, 1.165) is 34.9 Å². The second kappa shape index (κ2) is 5.61. The minimum Gasteiger partial charge on any atom is -0.398 e. The van der Waals surface area contributed by atoms with Gasteiger partial charge >= 0.3 is 0 Å². The van der Waals surface area contributed by atoms with Crippen LogP contribution in [-0.2, 0) is 13.1 Å². The highest BCUT2D eigenvalue weighted by Crippen LogP contribution is 2.23. The molecule has 0 aliphatic rings. The number of fused-ring (bicyclic) bond motifs is 1. The second-order valence-corrected chi connectivity index (χ2v) is 6.06. The van der Waals surface area contributed by atoms with Crippen molar-refractivity contribution in [3.63, 3.8) is 0 Å². The van der Waals surface area contributed by atoms with E-state index in [9.17, 15) is 0 Å². The Labute approximate surface area is 122 Å². The Bertz CT molecular complexity index is 687. The largest absolute Gasteiger partial charge is 0.398 e. The Morgan fingerprint density at radius 3 is 2.60 bits per heavy atom. The molecule has 2 N–H and O–H groups in total. The van der Waals surface area contributed by atoms with Crippen LogP contribution in [0.15, 0.2) is 48.5 Å². The lowest BCUT2D eigenvalue weighted by atomic mass is 10.2. The van der Waals surface area contributed by atoms with Gasteiger partial charge in [-0.1, -0.05) is 30.3 Å². The standard InChI is InChI=1S/C16H17N3S/c1-19(10-12-6-2-3-7-13(12)17)11-16-18-14-8-4-5-9-15(14)20-16/h2-9H,10-11,17H2,1H3. The van der Waals surface area contributed by atoms with Crippen molar-refractivity contribution < 1.29 is 0 Å². The summed E-state index contributed by atoms with van der Waals surface area (Å²) >= 11 is 1.76. The molecule has 3 nitrogen and oxygen atoms in total. The first-order valence-corrected chi connectivity index (χ1v) is 7.40. The maximum Gasteiger partial charge on any atom is 0.108 e. The summed E-state index contributed by atoms with van der Waals surface area (Å²) in [4.78, 5) is 6.90. The molecular formula is C16H17N3S. The molecule has 4 heteroatoms. The van der Waals surface area contributed by atoms with Crippen molar-refractivity contribution in [1.82, 2.24) is 9.88 Å². The zero-order valence-electron chi connectivity index (χ0n) is 11.4. The van der Waals surface area contributed by atoms with Crippen LogP contribution in [0.2, 0.25) is 0 Å². The van der Waals surface area contributed by atoms with Crippen LogP contribution in [0.4, 0.5) is 5.69 Å². The van der Waals surface area contributed by atoms with Crippen molar-refractivity contribution >= 4 is 27.2 Å². The predicted octanol–water partition coefficient (Wildman–Crippen LogP) is 3.51. The van der Waals surface area contributed by atoms with Gasteiger partial charge in [0.2, 0.25) is 0 Å². The Morgan fingerprint density at radius 2 is 1.80 bits per heavy atom. The van der Waals surface area contributed by atoms with Crippen LogP contribution in [-0.4, -0.2) is 16.9 Å². The quantitative estimate of drug-likeness (QED) is 0.745. The lowest BCUT2D eigenvalue weighted by Crippen LogP contribution is -2.17. The summed E-state index contributed by atoms with van der Waals surface area (Å²) in [6.07, 6.45) is 0. The molecule has 1 aromatic heterocycles. The molecule has 3 rings (SSSR count). The molecule has 0 saturated carbocycles. The average molecular weight is 283 g/mol. The van der Waals surface area contributed by atoms with Crippen molar-refractivity contribution in [2.45, 2.75) is 13.1 Å². The molecule has 0 aliphatic heterocycles. The first kappa shape index (κ1) is 13.1. The monoisotopic (exact) mass is 283 g/mol. The van der Waals surface area contributed by atoms with Crippen molar-refractivity contribution in [1.29, 1.82) is 0 Å². The van der Waals surface area contributed by atoms with Gasteiger partial charge in [-0.2, -0.15) is 0 Å². The van der Waals surface area contributed by atoms with Crippen LogP contribution < -0.4 is 5.73 Å². The van der Waals surface area contributed by atoms with Crippen molar-refractivity contribution in [3.05, 3.63) is 59.1 Å². The molecule has 0 fully saturated rings. The van der Waals surface area contributed by atoms with E-state index >= 15 is 0 Å². The van der Waals surface area contributed by atoms with Crippen molar-refractivity contribution in [2.75, 3.05) is 12.8 Å². The minimum absolute atomic E-state index is 0.836. The molecule has 0 saturated heterocycles. The highest BCUT2D eigenvalue weighted by atomic mass is 32.1. The average Bonchev–Trinajstić information content (AvgIpc) is 2.83. The molecule has 20 heavy (non-hydrogen) atoms. The first-order chi connectivity index (χ1) is 9.72. The van der Waals surface area contributed by atoms with Crippen LogP contribution in [0.5, 0.6) is 0 Å². The molecule has 0 atom stereocenters. The van der Waals surface area contributed by atoms with Crippen molar-refractivity contribution in [2.24, 2.45) is 0 Å². The molecule has 0 aliphatic carbocycles. The fraction of sp³-hybridized carbons (Fsp3) is 0.188. The van der Waals surface area contributed by atoms with Crippen LogP contribution in [0, 0.1) is 0 Å². The highest BCUT2D eigenvalue weighted by Gasteiger charge is 2.08. The van der Waals surface area contributed by atoms with Crippen LogP contribution >= 0.6 is 11.3 Å². The Balaban J connectivity index is 1.72. The van der Waals surface area contributed by atoms with Gasteiger partial charge in [0.15, 0.2) is 0 Å². The number of para-hydroxylation sites is 2. The molecule has 1 heterocycles. The lowest BCUT2D eigenvalue weighted by molar-refractivity contribution is 0.319. The minimum atomic E-state index is 0.836. The molecule has 0 bridgehead atoms. The molecule has 0 unspecified atom stereocenters. The van der Waals surface area contributed by atoms with Gasteiger partial charge < -0.3 is 5.73 Å². The number of hydrogen-bond donors (Lipinski definition) is 1. The third kappa shape index (κ3) is 2.81. The van der Waals surface area contributed by atoms with E-state index < -0.39 is 0 Å². The number of nitrogen functional groups attached to an aromatic ring is 1. The molecule has 0 spiro atoms. The topological polar surface area (TPSA) is 42.2 Å². The number of nitrogens with two attached hydrogens (primary N) is 1. The summed E-state index contributed by atoms with van der Waals surface area (Å²) in [6, 6.07) is 16.3. The van der Waals surface area contributed by atoms with Crippen molar-refractivity contribution in [3.8, 4) is 0 Å². The number of hydrogen-bond acceptors (Lipinski definition) is 4. The van der Waals surface area contributed by atoms with Gasteiger partial charge in [0.05, 0.1) is 16.8 Å². The number of anilines is 1. The van der Waals surface area contributed by atoms with Gasteiger partial charge in [-0.25, -0.2) is 4.98 Å². The van der Waals surface area contributed by atoms with Gasteiger partial charge in [0.25, 0.3) is 0 Å². The van der Waals surface area contributed by atoms with Crippen LogP contribution in [0.25, 0.3) is 10.2 Å². The lowest BCUT2D eigenvalue weighted by Gasteiger charge is -2.16. The molecule has 0 amide bonds. The van der Waals surface area contributed by atoms with Gasteiger partial charge in [-0.05, 0) is 30.8 Å². The summed E-state index contributed by atoms with van der Waals surface area (Å²) in [5, 5.41) is 1.14. The molecule has 0 radical (unpaired) electrons. The molecular weight excluding hydrogens is 266 g/mol. The first-order valence-electron chi connectivity index (χ1n) is 6.59. The number of nitrogens with zero attached hydrogens (tertiary/aromatic N) is 2. The van der Waals surface area contributed by atoms with E-state index in [2.05, 4.69) is 41.2 Å². The summed E-state index contributed by atoms with van der Waals surface area (Å²) < 4.78 is 1.25. The SMILES string of the molecule is CN(Cc1nc2ccccc2s1)Cc1ccccc1N. The zero-order valence-corrected chi connectivity index (χ0v) is 12.2. The molecule has 102 valence electrons. The maximum absolute atomic E-state index is 5.98. The van der Waals surface area contributed by atoms with Crippen LogP contribution in [0.1, 0.15) is 10.6 Å². The summed E-state index contributed by atoms with van der Waals surface area (Å²) in [5.74, 6) is 0. The van der Waals surface area contributed by atoms with E-state index in [1.807, 2.05) is 24.3 Å². The number of benzene rings is 2. The van der Waals surface area contributed by atoms with E-state index in [1.165, 1.54) is 4.70 Å². The normalized spacial score (nSPS) is 11.3. The number of aromatic nitrogens is 1. The summed E-state index contributed by atoms with van der Waals surface area (Å²) in [6.45, 7) is 1.68. The van der Waals surface area contributed by atoms with E-state index in [0.29, 0.717) is 0 Å². The van der Waals surface area contributed by atoms with E-state index in [4.69, 9.17) is 5.73 Å². The van der Waals surface area contributed by atoms with Gasteiger partial charge in [0, 0.05) is 12.2 Å². The fourth-order valence-corrected chi connectivity index (χ4v) is 3.29. The maximum atomic E-state index is 5.98. The van der Waals surface area contributed by atoms with E-state index in [-0.39, 0.29) is 0 Å². The zero-order chi connectivity index (χ0) is 13.9. The fourth-order valence-electron chi connectivity index (χ4n) is 2.24. The highest BCUT2D eigenvalue weighted by molar-refractivity contribution is 7.18. The Hall–Kier alpha value is -1.91. The number of rotatable bonds is 4. The number of thiazole rings is 1. The molecule has 3 aromatic rings.